The lowest BCUT2D eigenvalue weighted by molar-refractivity contribution is 0.630. The molecule has 1 fully saturated rings. The molecule has 0 aliphatic carbocycles. The number of rotatable bonds is 6. The van der Waals surface area contributed by atoms with Gasteiger partial charge in [-0.25, -0.2) is 9.97 Å². The zero-order chi connectivity index (χ0) is 19.2. The van der Waals surface area contributed by atoms with Crippen molar-refractivity contribution in [2.24, 2.45) is 0 Å². The van der Waals surface area contributed by atoms with Crippen LogP contribution in [0, 0.1) is 0 Å². The third-order valence-corrected chi connectivity index (χ3v) is 4.85. The van der Waals surface area contributed by atoms with Crippen LogP contribution in [0.1, 0.15) is 12.5 Å². The summed E-state index contributed by atoms with van der Waals surface area (Å²) in [5, 5.41) is 8.49. The molecule has 3 heterocycles. The maximum absolute atomic E-state index is 4.79. The molecule has 0 saturated carbocycles. The van der Waals surface area contributed by atoms with E-state index in [9.17, 15) is 0 Å². The van der Waals surface area contributed by atoms with Crippen molar-refractivity contribution in [3.05, 3.63) is 60.6 Å². The molecule has 4 rings (SSSR count). The molecule has 8 nitrogen and oxygen atoms in total. The van der Waals surface area contributed by atoms with E-state index in [1.54, 1.807) is 18.6 Å². The van der Waals surface area contributed by atoms with Gasteiger partial charge in [-0.1, -0.05) is 30.3 Å². The molecule has 1 saturated heterocycles. The average Bonchev–Trinajstić information content (AvgIpc) is 2.79. The van der Waals surface area contributed by atoms with Crippen molar-refractivity contribution in [1.29, 1.82) is 0 Å². The highest BCUT2D eigenvalue weighted by Crippen LogP contribution is 2.18. The van der Waals surface area contributed by atoms with Crippen molar-refractivity contribution in [3.8, 4) is 0 Å². The second-order valence-electron chi connectivity index (χ2n) is 6.64. The molecule has 28 heavy (non-hydrogen) atoms. The molecule has 1 aliphatic heterocycles. The first-order chi connectivity index (χ1) is 13.8. The van der Waals surface area contributed by atoms with E-state index in [2.05, 4.69) is 66.1 Å². The van der Waals surface area contributed by atoms with Gasteiger partial charge in [0.1, 0.15) is 0 Å². The molecule has 0 radical (unpaired) electrons. The Labute approximate surface area is 164 Å². The fourth-order valence-electron chi connectivity index (χ4n) is 3.29. The quantitative estimate of drug-likeness (QED) is 0.647. The summed E-state index contributed by atoms with van der Waals surface area (Å²) < 4.78 is 0. The van der Waals surface area contributed by atoms with Crippen LogP contribution in [0.2, 0.25) is 0 Å². The van der Waals surface area contributed by atoms with Gasteiger partial charge in [-0.3, -0.25) is 0 Å². The zero-order valence-corrected chi connectivity index (χ0v) is 16.0. The highest BCUT2D eigenvalue weighted by atomic mass is 15.4. The Hall–Kier alpha value is -3.29. The molecule has 0 atom stereocenters. The largest absolute Gasteiger partial charge is 0.352 e. The Balaban J connectivity index is 1.43. The second-order valence-corrected chi connectivity index (χ2v) is 6.64. The van der Waals surface area contributed by atoms with Gasteiger partial charge in [-0.05, 0) is 18.6 Å². The molecule has 3 aromatic rings. The normalized spacial score (nSPS) is 14.2. The third-order valence-electron chi connectivity index (χ3n) is 4.85. The Kier molecular flexibility index (Phi) is 5.56. The maximum atomic E-state index is 4.79. The van der Waals surface area contributed by atoms with Crippen LogP contribution in [0.15, 0.2) is 55.0 Å². The van der Waals surface area contributed by atoms with E-state index in [0.717, 1.165) is 51.0 Å². The smallest absolute Gasteiger partial charge is 0.247 e. The molecule has 0 unspecified atom stereocenters. The first-order valence-corrected chi connectivity index (χ1v) is 9.59. The summed E-state index contributed by atoms with van der Waals surface area (Å²) in [6.45, 7) is 7.09. The van der Waals surface area contributed by atoms with Crippen LogP contribution in [0.25, 0.3) is 0 Å². The minimum atomic E-state index is 0.665. The van der Waals surface area contributed by atoms with Gasteiger partial charge in [0, 0.05) is 51.7 Å². The van der Waals surface area contributed by atoms with Crippen LogP contribution in [0.3, 0.4) is 0 Å². The van der Waals surface area contributed by atoms with Gasteiger partial charge in [0.2, 0.25) is 11.9 Å². The van der Waals surface area contributed by atoms with Crippen molar-refractivity contribution in [2.45, 2.75) is 13.5 Å². The first kappa shape index (κ1) is 18.1. The summed E-state index contributed by atoms with van der Waals surface area (Å²) >= 11 is 0. The standard InChI is InChI=1S/C20H24N8/c1-2-26(16-17-7-4-3-5-8-17)20-24-18(15-23-25-20)27-11-13-28(14-12-27)19-21-9-6-10-22-19/h3-10,15H,2,11-14,16H2,1H3. The molecule has 144 valence electrons. The molecule has 0 spiro atoms. The van der Waals surface area contributed by atoms with Gasteiger partial charge in [0.05, 0.1) is 6.20 Å². The average molecular weight is 376 g/mol. The van der Waals surface area contributed by atoms with Crippen molar-refractivity contribution in [2.75, 3.05) is 47.4 Å². The Morgan fingerprint density at radius 2 is 1.64 bits per heavy atom. The van der Waals surface area contributed by atoms with E-state index in [1.165, 1.54) is 5.56 Å². The molecule has 0 amide bonds. The highest BCUT2D eigenvalue weighted by Gasteiger charge is 2.21. The van der Waals surface area contributed by atoms with Crippen LogP contribution >= 0.6 is 0 Å². The van der Waals surface area contributed by atoms with Crippen molar-refractivity contribution >= 4 is 17.7 Å². The second kappa shape index (κ2) is 8.60. The number of piperazine rings is 1. The summed E-state index contributed by atoms with van der Waals surface area (Å²) in [6, 6.07) is 12.2. The van der Waals surface area contributed by atoms with E-state index in [-0.39, 0.29) is 0 Å². The van der Waals surface area contributed by atoms with Crippen LogP contribution in [0.5, 0.6) is 0 Å². The van der Waals surface area contributed by atoms with Crippen LogP contribution < -0.4 is 14.7 Å². The lowest BCUT2D eigenvalue weighted by Gasteiger charge is -2.35. The fourth-order valence-corrected chi connectivity index (χ4v) is 3.29. The fraction of sp³-hybridized carbons (Fsp3) is 0.350. The van der Waals surface area contributed by atoms with E-state index >= 15 is 0 Å². The summed E-state index contributed by atoms with van der Waals surface area (Å²) in [6.07, 6.45) is 5.30. The van der Waals surface area contributed by atoms with Crippen molar-refractivity contribution < 1.29 is 0 Å². The Morgan fingerprint density at radius 3 is 2.36 bits per heavy atom. The summed E-state index contributed by atoms with van der Waals surface area (Å²) in [5.41, 5.74) is 1.23. The minimum Gasteiger partial charge on any atom is -0.352 e. The van der Waals surface area contributed by atoms with Gasteiger partial charge >= 0.3 is 0 Å². The van der Waals surface area contributed by atoms with Crippen molar-refractivity contribution in [1.82, 2.24) is 25.1 Å². The Bertz CT molecular complexity index is 866. The number of anilines is 3. The zero-order valence-electron chi connectivity index (χ0n) is 16.0. The molecular weight excluding hydrogens is 352 g/mol. The van der Waals surface area contributed by atoms with Crippen LogP contribution in [-0.4, -0.2) is 57.9 Å². The SMILES string of the molecule is CCN(Cc1ccccc1)c1nncc(N2CCN(c3ncccn3)CC2)n1. The monoisotopic (exact) mass is 376 g/mol. The molecule has 8 heteroatoms. The lowest BCUT2D eigenvalue weighted by atomic mass is 10.2. The molecule has 0 bridgehead atoms. The van der Waals surface area contributed by atoms with Crippen molar-refractivity contribution in [3.63, 3.8) is 0 Å². The molecule has 0 N–H and O–H groups in total. The van der Waals surface area contributed by atoms with Gasteiger partial charge in [0.25, 0.3) is 0 Å². The van der Waals surface area contributed by atoms with Gasteiger partial charge in [0.15, 0.2) is 5.82 Å². The highest BCUT2D eigenvalue weighted by molar-refractivity contribution is 5.44. The minimum absolute atomic E-state index is 0.665. The first-order valence-electron chi connectivity index (χ1n) is 9.59. The van der Waals surface area contributed by atoms with E-state index in [4.69, 9.17) is 4.98 Å². The van der Waals surface area contributed by atoms with Crippen LogP contribution in [0.4, 0.5) is 17.7 Å². The van der Waals surface area contributed by atoms with E-state index in [1.807, 2.05) is 12.1 Å². The molecule has 1 aliphatic rings. The molecule has 1 aromatic carbocycles. The van der Waals surface area contributed by atoms with Gasteiger partial charge in [-0.2, -0.15) is 10.1 Å². The summed E-state index contributed by atoms with van der Waals surface area (Å²) in [4.78, 5) is 20.0. The van der Waals surface area contributed by atoms with Crippen LogP contribution in [-0.2, 0) is 6.54 Å². The number of hydrogen-bond acceptors (Lipinski definition) is 8. The number of benzene rings is 1. The predicted octanol–water partition coefficient (Wildman–Crippen LogP) is 2.01. The number of aromatic nitrogens is 5. The van der Waals surface area contributed by atoms with E-state index in [0.29, 0.717) is 5.95 Å². The maximum Gasteiger partial charge on any atom is 0.247 e. The summed E-state index contributed by atoms with van der Waals surface area (Å²) in [7, 11) is 0. The van der Waals surface area contributed by atoms with Gasteiger partial charge in [-0.15, -0.1) is 5.10 Å². The summed E-state index contributed by atoms with van der Waals surface area (Å²) in [5.74, 6) is 2.31. The number of hydrogen-bond donors (Lipinski definition) is 0. The molecule has 2 aromatic heterocycles. The Morgan fingerprint density at radius 1 is 0.929 bits per heavy atom. The van der Waals surface area contributed by atoms with Gasteiger partial charge < -0.3 is 14.7 Å². The molecular formula is C20H24N8. The number of nitrogens with zero attached hydrogens (tertiary/aromatic N) is 8. The lowest BCUT2D eigenvalue weighted by Crippen LogP contribution is -2.47. The predicted molar refractivity (Wildman–Crippen MR) is 109 cm³/mol. The topological polar surface area (TPSA) is 74.2 Å². The van der Waals surface area contributed by atoms with E-state index < -0.39 is 0 Å². The third kappa shape index (κ3) is 4.16.